The zero-order valence-electron chi connectivity index (χ0n) is 14.6. The first-order chi connectivity index (χ1) is 11.4. The number of anilines is 1. The Kier molecular flexibility index (Phi) is 6.23. The Labute approximate surface area is 148 Å². The van der Waals surface area contributed by atoms with Crippen LogP contribution in [0.5, 0.6) is 5.75 Å². The SMILES string of the molecule is COc1ccc(Cl)cc1C[NH+](C)CC(=O)Nc1ccc(C)cc1C. The first-order valence-electron chi connectivity index (χ1n) is 7.90. The predicted molar refractivity (Wildman–Crippen MR) is 98.0 cm³/mol. The highest BCUT2D eigenvalue weighted by atomic mass is 35.5. The van der Waals surface area contributed by atoms with Crippen LogP contribution in [0.15, 0.2) is 36.4 Å². The summed E-state index contributed by atoms with van der Waals surface area (Å²) in [5.74, 6) is 0.772. The van der Waals surface area contributed by atoms with Gasteiger partial charge in [0.15, 0.2) is 6.54 Å². The second-order valence-electron chi connectivity index (χ2n) is 6.13. The van der Waals surface area contributed by atoms with E-state index in [-0.39, 0.29) is 5.91 Å². The van der Waals surface area contributed by atoms with Crippen LogP contribution in [0, 0.1) is 13.8 Å². The lowest BCUT2D eigenvalue weighted by Crippen LogP contribution is -3.08. The fourth-order valence-electron chi connectivity index (χ4n) is 2.70. The highest BCUT2D eigenvalue weighted by Crippen LogP contribution is 2.21. The van der Waals surface area contributed by atoms with E-state index in [2.05, 4.69) is 11.4 Å². The molecule has 0 aliphatic heterocycles. The van der Waals surface area contributed by atoms with Crippen molar-refractivity contribution in [3.8, 4) is 5.75 Å². The van der Waals surface area contributed by atoms with Crippen LogP contribution in [0.1, 0.15) is 16.7 Å². The molecule has 0 bridgehead atoms. The van der Waals surface area contributed by atoms with Gasteiger partial charge in [-0.25, -0.2) is 0 Å². The van der Waals surface area contributed by atoms with E-state index in [1.807, 2.05) is 45.2 Å². The summed E-state index contributed by atoms with van der Waals surface area (Å²) in [5, 5.41) is 3.64. The van der Waals surface area contributed by atoms with Gasteiger partial charge in [-0.05, 0) is 43.7 Å². The maximum absolute atomic E-state index is 12.3. The van der Waals surface area contributed by atoms with Crippen molar-refractivity contribution in [1.82, 2.24) is 0 Å². The highest BCUT2D eigenvalue weighted by molar-refractivity contribution is 6.30. The molecule has 2 N–H and O–H groups in total. The van der Waals surface area contributed by atoms with Gasteiger partial charge < -0.3 is 15.0 Å². The minimum Gasteiger partial charge on any atom is -0.496 e. The van der Waals surface area contributed by atoms with Gasteiger partial charge in [-0.15, -0.1) is 0 Å². The van der Waals surface area contributed by atoms with E-state index >= 15 is 0 Å². The van der Waals surface area contributed by atoms with Crippen molar-refractivity contribution in [3.05, 3.63) is 58.1 Å². The molecule has 0 heterocycles. The van der Waals surface area contributed by atoms with Crippen molar-refractivity contribution in [1.29, 1.82) is 0 Å². The largest absolute Gasteiger partial charge is 0.496 e. The minimum atomic E-state index is -0.0135. The third-order valence-electron chi connectivity index (χ3n) is 3.85. The number of ether oxygens (including phenoxy) is 1. The second-order valence-corrected chi connectivity index (χ2v) is 6.57. The number of benzene rings is 2. The van der Waals surface area contributed by atoms with Crippen LogP contribution >= 0.6 is 11.6 Å². The van der Waals surface area contributed by atoms with Crippen LogP contribution in [-0.2, 0) is 11.3 Å². The molecular formula is C19H24ClN2O2+. The Morgan fingerprint density at radius 3 is 2.62 bits per heavy atom. The normalized spacial score (nSPS) is 11.9. The molecule has 1 amide bonds. The molecule has 0 aliphatic carbocycles. The molecule has 0 spiro atoms. The number of halogens is 1. The third-order valence-corrected chi connectivity index (χ3v) is 4.09. The average Bonchev–Trinajstić information content (AvgIpc) is 2.50. The number of amides is 1. The smallest absolute Gasteiger partial charge is 0.279 e. The lowest BCUT2D eigenvalue weighted by atomic mass is 10.1. The van der Waals surface area contributed by atoms with E-state index < -0.39 is 0 Å². The van der Waals surface area contributed by atoms with Gasteiger partial charge in [0, 0.05) is 16.3 Å². The standard InChI is InChI=1S/C19H23ClN2O2/c1-13-5-7-17(14(2)9-13)21-19(23)12-22(3)11-15-10-16(20)6-8-18(15)24-4/h5-10H,11-12H2,1-4H3,(H,21,23)/p+1. The molecule has 2 aromatic carbocycles. The fourth-order valence-corrected chi connectivity index (χ4v) is 2.89. The summed E-state index contributed by atoms with van der Waals surface area (Å²) < 4.78 is 5.36. The Bertz CT molecular complexity index is 731. The average molecular weight is 348 g/mol. The van der Waals surface area contributed by atoms with E-state index in [1.54, 1.807) is 13.2 Å². The summed E-state index contributed by atoms with van der Waals surface area (Å²) in [6.45, 7) is 5.05. The Balaban J connectivity index is 1.98. The number of methoxy groups -OCH3 is 1. The molecule has 5 heteroatoms. The fraction of sp³-hybridized carbons (Fsp3) is 0.316. The maximum atomic E-state index is 12.3. The van der Waals surface area contributed by atoms with E-state index in [0.29, 0.717) is 18.1 Å². The van der Waals surface area contributed by atoms with Crippen LogP contribution in [-0.4, -0.2) is 26.6 Å². The van der Waals surface area contributed by atoms with Crippen molar-refractivity contribution in [3.63, 3.8) is 0 Å². The first-order valence-corrected chi connectivity index (χ1v) is 8.27. The third kappa shape index (κ3) is 4.98. The van der Waals surface area contributed by atoms with Gasteiger partial charge in [-0.1, -0.05) is 29.3 Å². The highest BCUT2D eigenvalue weighted by Gasteiger charge is 2.14. The molecule has 0 aliphatic rings. The van der Waals surface area contributed by atoms with E-state index in [4.69, 9.17) is 16.3 Å². The Morgan fingerprint density at radius 2 is 1.96 bits per heavy atom. The number of hydrogen-bond donors (Lipinski definition) is 2. The van der Waals surface area contributed by atoms with Gasteiger partial charge in [-0.3, -0.25) is 4.79 Å². The van der Waals surface area contributed by atoms with E-state index in [0.717, 1.165) is 27.5 Å². The molecule has 0 radical (unpaired) electrons. The summed E-state index contributed by atoms with van der Waals surface area (Å²) in [5.41, 5.74) is 4.10. The van der Waals surface area contributed by atoms with Crippen LogP contribution in [0.25, 0.3) is 0 Å². The van der Waals surface area contributed by atoms with Crippen molar-refractivity contribution in [2.24, 2.45) is 0 Å². The van der Waals surface area contributed by atoms with Gasteiger partial charge in [0.1, 0.15) is 12.3 Å². The molecular weight excluding hydrogens is 324 g/mol. The van der Waals surface area contributed by atoms with Crippen molar-refractivity contribution in [2.45, 2.75) is 20.4 Å². The zero-order valence-corrected chi connectivity index (χ0v) is 15.3. The summed E-state index contributed by atoms with van der Waals surface area (Å²) in [7, 11) is 3.61. The van der Waals surface area contributed by atoms with Gasteiger partial charge >= 0.3 is 0 Å². The number of rotatable bonds is 6. The molecule has 4 nitrogen and oxygen atoms in total. The topological polar surface area (TPSA) is 42.8 Å². The van der Waals surface area contributed by atoms with Crippen LogP contribution in [0.3, 0.4) is 0 Å². The van der Waals surface area contributed by atoms with Gasteiger partial charge in [0.05, 0.1) is 14.2 Å². The quantitative estimate of drug-likeness (QED) is 0.843. The zero-order chi connectivity index (χ0) is 17.7. The second kappa shape index (κ2) is 8.18. The van der Waals surface area contributed by atoms with Crippen molar-refractivity contribution < 1.29 is 14.4 Å². The van der Waals surface area contributed by atoms with Gasteiger partial charge in [0.25, 0.3) is 5.91 Å². The van der Waals surface area contributed by atoms with Crippen LogP contribution in [0.4, 0.5) is 5.69 Å². The number of nitrogens with one attached hydrogen (secondary N) is 2. The van der Waals surface area contributed by atoms with Crippen LogP contribution < -0.4 is 15.0 Å². The molecule has 0 saturated carbocycles. The lowest BCUT2D eigenvalue weighted by Gasteiger charge is -2.16. The Morgan fingerprint density at radius 1 is 1.21 bits per heavy atom. The Hall–Kier alpha value is -2.04. The monoisotopic (exact) mass is 347 g/mol. The van der Waals surface area contributed by atoms with E-state index in [9.17, 15) is 4.79 Å². The predicted octanol–water partition coefficient (Wildman–Crippen LogP) is 2.62. The molecule has 0 aromatic heterocycles. The number of hydrogen-bond acceptors (Lipinski definition) is 2. The van der Waals surface area contributed by atoms with E-state index in [1.165, 1.54) is 5.56 Å². The summed E-state index contributed by atoms with van der Waals surface area (Å²) >= 11 is 6.06. The molecule has 2 aromatic rings. The molecule has 2 rings (SSSR count). The summed E-state index contributed by atoms with van der Waals surface area (Å²) in [6.07, 6.45) is 0. The molecule has 128 valence electrons. The summed E-state index contributed by atoms with van der Waals surface area (Å²) in [4.78, 5) is 13.3. The van der Waals surface area contributed by atoms with Crippen molar-refractivity contribution in [2.75, 3.05) is 26.0 Å². The summed E-state index contributed by atoms with van der Waals surface area (Å²) in [6, 6.07) is 11.5. The number of carbonyl (C=O) groups is 1. The number of quaternary nitrogens is 1. The maximum Gasteiger partial charge on any atom is 0.279 e. The molecule has 0 fully saturated rings. The van der Waals surface area contributed by atoms with Crippen LogP contribution in [0.2, 0.25) is 5.02 Å². The molecule has 24 heavy (non-hydrogen) atoms. The van der Waals surface area contributed by atoms with Gasteiger partial charge in [-0.2, -0.15) is 0 Å². The number of carbonyl (C=O) groups excluding carboxylic acids is 1. The number of aryl methyl sites for hydroxylation is 2. The minimum absolute atomic E-state index is 0.0135. The molecule has 0 saturated heterocycles. The lowest BCUT2D eigenvalue weighted by molar-refractivity contribution is -0.885. The molecule has 1 atom stereocenters. The molecule has 1 unspecified atom stereocenters. The number of likely N-dealkylation sites (N-methyl/N-ethyl adjacent to an activating group) is 1. The van der Waals surface area contributed by atoms with Gasteiger partial charge in [0.2, 0.25) is 0 Å². The van der Waals surface area contributed by atoms with Crippen molar-refractivity contribution >= 4 is 23.2 Å². The first kappa shape index (κ1) is 18.3.